The van der Waals surface area contributed by atoms with Gasteiger partial charge in [0, 0.05) is 24.0 Å². The zero-order chi connectivity index (χ0) is 20.7. The van der Waals surface area contributed by atoms with Crippen molar-refractivity contribution in [3.05, 3.63) is 59.3 Å². The first kappa shape index (κ1) is 21.8. The molecule has 7 nitrogen and oxygen atoms in total. The van der Waals surface area contributed by atoms with Crippen molar-refractivity contribution in [2.75, 3.05) is 11.9 Å². The number of nitrogens with zero attached hydrogens (tertiary/aromatic N) is 1. The number of benzene rings is 1. The van der Waals surface area contributed by atoms with Crippen molar-refractivity contribution in [2.24, 2.45) is 0 Å². The van der Waals surface area contributed by atoms with Crippen LogP contribution in [0.25, 0.3) is 0 Å². The maximum Gasteiger partial charge on any atom is 0.241 e. The van der Waals surface area contributed by atoms with Crippen molar-refractivity contribution in [3.63, 3.8) is 0 Å². The van der Waals surface area contributed by atoms with Crippen molar-refractivity contribution >= 4 is 38.9 Å². The SMILES string of the molecule is C=CCN(Cc1cccs1)C(=O)[C@H](C)NS(=O)(=O)c1ccc(NC(C)=O)cc1. The minimum atomic E-state index is -3.89. The smallest absolute Gasteiger partial charge is 0.241 e. The van der Waals surface area contributed by atoms with E-state index in [1.807, 2.05) is 17.5 Å². The average molecular weight is 422 g/mol. The molecule has 150 valence electrons. The second kappa shape index (κ2) is 9.63. The minimum absolute atomic E-state index is 0.00906. The van der Waals surface area contributed by atoms with Crippen LogP contribution in [-0.4, -0.2) is 37.7 Å². The van der Waals surface area contributed by atoms with E-state index in [0.29, 0.717) is 18.8 Å². The van der Waals surface area contributed by atoms with Crippen molar-refractivity contribution in [3.8, 4) is 0 Å². The molecule has 0 bridgehead atoms. The van der Waals surface area contributed by atoms with Crippen LogP contribution in [0.4, 0.5) is 5.69 Å². The van der Waals surface area contributed by atoms with Gasteiger partial charge in [-0.25, -0.2) is 8.42 Å². The van der Waals surface area contributed by atoms with E-state index >= 15 is 0 Å². The third-order valence-corrected chi connectivity index (χ3v) is 6.19. The van der Waals surface area contributed by atoms with Gasteiger partial charge in [-0.2, -0.15) is 4.72 Å². The number of amides is 2. The second-order valence-electron chi connectivity index (χ2n) is 6.14. The lowest BCUT2D eigenvalue weighted by molar-refractivity contribution is -0.132. The molecule has 1 heterocycles. The molecule has 0 aliphatic heterocycles. The Morgan fingerprint density at radius 1 is 1.25 bits per heavy atom. The summed E-state index contributed by atoms with van der Waals surface area (Å²) >= 11 is 1.52. The van der Waals surface area contributed by atoms with E-state index in [1.165, 1.54) is 49.4 Å². The summed E-state index contributed by atoms with van der Waals surface area (Å²) in [6.45, 7) is 7.24. The van der Waals surface area contributed by atoms with E-state index in [1.54, 1.807) is 11.0 Å². The van der Waals surface area contributed by atoms with E-state index in [4.69, 9.17) is 0 Å². The third-order valence-electron chi connectivity index (χ3n) is 3.78. The number of nitrogens with one attached hydrogen (secondary N) is 2. The Balaban J connectivity index is 2.09. The quantitative estimate of drug-likeness (QED) is 0.609. The van der Waals surface area contributed by atoms with Gasteiger partial charge in [0.05, 0.1) is 17.5 Å². The Labute approximate surface area is 169 Å². The van der Waals surface area contributed by atoms with E-state index in [0.717, 1.165) is 4.88 Å². The molecule has 0 spiro atoms. The van der Waals surface area contributed by atoms with Crippen LogP contribution >= 0.6 is 11.3 Å². The second-order valence-corrected chi connectivity index (χ2v) is 8.88. The third kappa shape index (κ3) is 6.01. The molecule has 9 heteroatoms. The summed E-state index contributed by atoms with van der Waals surface area (Å²) in [6.07, 6.45) is 1.60. The molecule has 1 aromatic carbocycles. The van der Waals surface area contributed by atoms with Crippen LogP contribution in [0, 0.1) is 0 Å². The highest BCUT2D eigenvalue weighted by Crippen LogP contribution is 2.16. The summed E-state index contributed by atoms with van der Waals surface area (Å²) in [7, 11) is -3.89. The topological polar surface area (TPSA) is 95.6 Å². The van der Waals surface area contributed by atoms with Crippen LogP contribution in [0.5, 0.6) is 0 Å². The van der Waals surface area contributed by atoms with Gasteiger partial charge in [0.2, 0.25) is 21.8 Å². The maximum absolute atomic E-state index is 12.8. The number of anilines is 1. The van der Waals surface area contributed by atoms with Crippen LogP contribution in [0.1, 0.15) is 18.7 Å². The van der Waals surface area contributed by atoms with Crippen molar-refractivity contribution in [2.45, 2.75) is 31.3 Å². The van der Waals surface area contributed by atoms with Gasteiger partial charge in [-0.1, -0.05) is 12.1 Å². The molecular formula is C19H23N3O4S2. The van der Waals surface area contributed by atoms with Gasteiger partial charge in [-0.15, -0.1) is 17.9 Å². The Bertz CT molecular complexity index is 923. The fourth-order valence-corrected chi connectivity index (χ4v) is 4.44. The van der Waals surface area contributed by atoms with Gasteiger partial charge in [-0.3, -0.25) is 9.59 Å². The summed E-state index contributed by atoms with van der Waals surface area (Å²) in [4.78, 5) is 26.4. The van der Waals surface area contributed by atoms with E-state index in [-0.39, 0.29) is 16.7 Å². The standard InChI is InChI=1S/C19H23N3O4S2/c1-4-11-22(13-17-6-5-12-27-17)19(24)14(2)21-28(25,26)18-9-7-16(8-10-18)20-15(3)23/h4-10,12,14,21H,1,11,13H2,2-3H3,(H,20,23)/t14-/m0/s1. The minimum Gasteiger partial charge on any atom is -0.332 e. The number of sulfonamides is 1. The van der Waals surface area contributed by atoms with Gasteiger partial charge in [0.1, 0.15) is 0 Å². The van der Waals surface area contributed by atoms with E-state index in [9.17, 15) is 18.0 Å². The Morgan fingerprint density at radius 2 is 1.93 bits per heavy atom. The summed E-state index contributed by atoms with van der Waals surface area (Å²) < 4.78 is 27.6. The molecule has 0 aliphatic rings. The highest BCUT2D eigenvalue weighted by atomic mass is 32.2. The molecule has 0 aliphatic carbocycles. The maximum atomic E-state index is 12.8. The molecule has 0 saturated heterocycles. The van der Waals surface area contributed by atoms with Gasteiger partial charge in [0.25, 0.3) is 0 Å². The molecule has 1 aromatic heterocycles. The van der Waals surface area contributed by atoms with Gasteiger partial charge < -0.3 is 10.2 Å². The number of hydrogen-bond acceptors (Lipinski definition) is 5. The first-order chi connectivity index (χ1) is 13.2. The monoisotopic (exact) mass is 421 g/mol. The Kier molecular flexibility index (Phi) is 7.50. The molecule has 2 rings (SSSR count). The van der Waals surface area contributed by atoms with Gasteiger partial charge >= 0.3 is 0 Å². The average Bonchev–Trinajstić information content (AvgIpc) is 3.13. The molecule has 2 amide bonds. The van der Waals surface area contributed by atoms with Crippen LogP contribution in [0.3, 0.4) is 0 Å². The van der Waals surface area contributed by atoms with Crippen molar-refractivity contribution < 1.29 is 18.0 Å². The first-order valence-electron chi connectivity index (χ1n) is 8.55. The predicted molar refractivity (Wildman–Crippen MR) is 110 cm³/mol. The van der Waals surface area contributed by atoms with E-state index < -0.39 is 16.1 Å². The van der Waals surface area contributed by atoms with Crippen LogP contribution in [0.2, 0.25) is 0 Å². The normalized spacial score (nSPS) is 12.2. The zero-order valence-electron chi connectivity index (χ0n) is 15.7. The van der Waals surface area contributed by atoms with Crippen LogP contribution < -0.4 is 10.0 Å². The fourth-order valence-electron chi connectivity index (χ4n) is 2.52. The number of carbonyl (C=O) groups excluding carboxylic acids is 2. The number of carbonyl (C=O) groups is 2. The molecule has 0 fully saturated rings. The lowest BCUT2D eigenvalue weighted by atomic mass is 10.3. The lowest BCUT2D eigenvalue weighted by Crippen LogP contribution is -2.46. The zero-order valence-corrected chi connectivity index (χ0v) is 17.3. The van der Waals surface area contributed by atoms with E-state index in [2.05, 4.69) is 16.6 Å². The van der Waals surface area contributed by atoms with Crippen molar-refractivity contribution in [1.29, 1.82) is 0 Å². The molecular weight excluding hydrogens is 398 g/mol. The lowest BCUT2D eigenvalue weighted by Gasteiger charge is -2.24. The van der Waals surface area contributed by atoms with Gasteiger partial charge in [-0.05, 0) is 42.6 Å². The molecule has 0 unspecified atom stereocenters. The largest absolute Gasteiger partial charge is 0.332 e. The molecule has 1 atom stereocenters. The van der Waals surface area contributed by atoms with Crippen LogP contribution in [-0.2, 0) is 26.2 Å². The number of rotatable bonds is 9. The molecule has 2 aromatic rings. The summed E-state index contributed by atoms with van der Waals surface area (Å²) in [6, 6.07) is 8.59. The summed E-state index contributed by atoms with van der Waals surface area (Å²) in [5.74, 6) is -0.590. The Hall–Kier alpha value is -2.49. The Morgan fingerprint density at radius 3 is 2.46 bits per heavy atom. The van der Waals surface area contributed by atoms with Gasteiger partial charge in [0.15, 0.2) is 0 Å². The van der Waals surface area contributed by atoms with Crippen LogP contribution in [0.15, 0.2) is 59.3 Å². The molecule has 28 heavy (non-hydrogen) atoms. The number of hydrogen-bond donors (Lipinski definition) is 2. The summed E-state index contributed by atoms with van der Waals surface area (Å²) in [5.41, 5.74) is 0.490. The predicted octanol–water partition coefficient (Wildman–Crippen LogP) is 2.59. The summed E-state index contributed by atoms with van der Waals surface area (Å²) in [5, 5.41) is 4.49. The molecule has 0 radical (unpaired) electrons. The number of thiophene rings is 1. The highest BCUT2D eigenvalue weighted by Gasteiger charge is 2.25. The first-order valence-corrected chi connectivity index (χ1v) is 10.9. The molecule has 2 N–H and O–H groups in total. The fraction of sp³-hybridized carbons (Fsp3) is 0.263. The van der Waals surface area contributed by atoms with Crippen molar-refractivity contribution in [1.82, 2.24) is 9.62 Å². The molecule has 0 saturated carbocycles. The highest BCUT2D eigenvalue weighted by molar-refractivity contribution is 7.89.